The van der Waals surface area contributed by atoms with Gasteiger partial charge in [-0.15, -0.1) is 0 Å². The van der Waals surface area contributed by atoms with Gasteiger partial charge in [0.2, 0.25) is 0 Å². The highest BCUT2D eigenvalue weighted by Gasteiger charge is 2.34. The van der Waals surface area contributed by atoms with Crippen LogP contribution in [0.1, 0.15) is 127 Å². The van der Waals surface area contributed by atoms with Crippen molar-refractivity contribution in [3.05, 3.63) is 30.3 Å². The van der Waals surface area contributed by atoms with E-state index in [1.165, 1.54) is 26.4 Å². The molecule has 0 saturated heterocycles. The minimum Gasteiger partial charge on any atom is -0.481 e. The molecule has 1 aliphatic carbocycles. The summed E-state index contributed by atoms with van der Waals surface area (Å²) in [5.74, 6) is -0.465. The van der Waals surface area contributed by atoms with Crippen LogP contribution in [0.2, 0.25) is 0 Å². The van der Waals surface area contributed by atoms with Crippen LogP contribution in [0.4, 0.5) is 0 Å². The topological polar surface area (TPSA) is 116 Å². The molecule has 0 aliphatic heterocycles. The number of esters is 3. The van der Waals surface area contributed by atoms with Crippen molar-refractivity contribution in [1.29, 1.82) is 0 Å². The molecule has 8 nitrogen and oxygen atoms in total. The Balaban J connectivity index is 0. The number of ether oxygens (including phenoxy) is 3. The Hall–Kier alpha value is -2.90. The maximum absolute atomic E-state index is 11.8. The molecule has 1 aliphatic rings. The predicted octanol–water partition coefficient (Wildman–Crippen LogP) is 8.65. The minimum absolute atomic E-state index is 0.00116. The number of aliphatic carboxylic acids is 1. The second-order valence-electron chi connectivity index (χ2n) is 11.4. The summed E-state index contributed by atoms with van der Waals surface area (Å²) < 4.78 is 15.3. The van der Waals surface area contributed by atoms with Crippen LogP contribution in [0.25, 0.3) is 0 Å². The van der Waals surface area contributed by atoms with E-state index in [1.54, 1.807) is 19.1 Å². The number of methoxy groups -OCH3 is 1. The summed E-state index contributed by atoms with van der Waals surface area (Å²) in [6, 6.07) is 9.14. The van der Waals surface area contributed by atoms with Gasteiger partial charge in [-0.05, 0) is 69.9 Å². The van der Waals surface area contributed by atoms with Crippen molar-refractivity contribution >= 4 is 23.9 Å². The third-order valence-electron chi connectivity index (χ3n) is 7.97. The van der Waals surface area contributed by atoms with Gasteiger partial charge >= 0.3 is 23.9 Å². The number of carboxylic acids is 1. The second-order valence-corrected chi connectivity index (χ2v) is 11.4. The summed E-state index contributed by atoms with van der Waals surface area (Å²) in [5.41, 5.74) is -0.126. The number of carbonyl (C=O) groups is 4. The van der Waals surface area contributed by atoms with E-state index < -0.39 is 5.97 Å². The molecule has 43 heavy (non-hydrogen) atoms. The third kappa shape index (κ3) is 19.1. The molecule has 8 heteroatoms. The lowest BCUT2D eigenvalue weighted by Gasteiger charge is -2.36. The zero-order valence-electron chi connectivity index (χ0n) is 28.6. The molecule has 4 atom stereocenters. The van der Waals surface area contributed by atoms with Gasteiger partial charge in [-0.3, -0.25) is 19.2 Å². The highest BCUT2D eigenvalue weighted by Crippen LogP contribution is 2.35. The molecule has 248 valence electrons. The van der Waals surface area contributed by atoms with Crippen LogP contribution < -0.4 is 4.74 Å². The Morgan fingerprint density at radius 3 is 1.49 bits per heavy atom. The molecular formula is C35H60O8. The molecule has 1 fully saturated rings. The smallest absolute Gasteiger partial charge is 0.314 e. The zero-order chi connectivity index (χ0) is 33.4. The molecule has 1 aromatic carbocycles. The van der Waals surface area contributed by atoms with Crippen LogP contribution in [0.3, 0.4) is 0 Å². The van der Waals surface area contributed by atoms with Gasteiger partial charge in [-0.1, -0.05) is 86.9 Å². The van der Waals surface area contributed by atoms with Gasteiger partial charge in [0.05, 0.1) is 30.8 Å². The number of hydrogen-bond donors (Lipinski definition) is 1. The van der Waals surface area contributed by atoms with Crippen LogP contribution >= 0.6 is 0 Å². The van der Waals surface area contributed by atoms with E-state index in [0.29, 0.717) is 5.75 Å². The van der Waals surface area contributed by atoms with Gasteiger partial charge in [0.15, 0.2) is 0 Å². The first-order chi connectivity index (χ1) is 20.3. The first kappa shape index (κ1) is 42.2. The number of para-hydroxylation sites is 1. The average Bonchev–Trinajstić information content (AvgIpc) is 3.04. The fourth-order valence-corrected chi connectivity index (χ4v) is 3.62. The molecule has 1 aromatic rings. The number of hydrogen-bond acceptors (Lipinski definition) is 7. The van der Waals surface area contributed by atoms with Gasteiger partial charge in [-0.2, -0.15) is 0 Å². The van der Waals surface area contributed by atoms with E-state index in [0.717, 1.165) is 44.9 Å². The van der Waals surface area contributed by atoms with Crippen LogP contribution in [0, 0.1) is 23.7 Å². The van der Waals surface area contributed by atoms with E-state index in [-0.39, 0.29) is 47.2 Å². The molecule has 0 aromatic heterocycles. The standard InChI is InChI=1S/C13H24O2.C11H14O2.C6H12O2.C5H10O2/c1-4-11(3)12(14)15-13(5-2)9-7-6-8-10-13;1-3-9(2)11(12)13-10-7-5-4-6-8-10;1-4-5(2)6(7)8-3;1-3-4(2)5(6)7/h11H,4-10H2,1-3H3;4-9H,3H2,1-2H3;5H,4H2,1-3H3;4H,3H2,1-2H3,(H,6,7). The Labute approximate surface area is 261 Å². The highest BCUT2D eigenvalue weighted by atomic mass is 16.6. The molecule has 0 radical (unpaired) electrons. The van der Waals surface area contributed by atoms with E-state index in [1.807, 2.05) is 66.7 Å². The molecule has 0 amide bonds. The van der Waals surface area contributed by atoms with Crippen molar-refractivity contribution in [3.8, 4) is 5.75 Å². The largest absolute Gasteiger partial charge is 0.481 e. The van der Waals surface area contributed by atoms with E-state index >= 15 is 0 Å². The Morgan fingerprint density at radius 2 is 1.14 bits per heavy atom. The van der Waals surface area contributed by atoms with Crippen LogP contribution in [0.5, 0.6) is 5.75 Å². The lowest BCUT2D eigenvalue weighted by molar-refractivity contribution is -0.168. The van der Waals surface area contributed by atoms with Gasteiger partial charge in [0.1, 0.15) is 11.4 Å². The van der Waals surface area contributed by atoms with Crippen molar-refractivity contribution in [2.75, 3.05) is 7.11 Å². The first-order valence-corrected chi connectivity index (χ1v) is 16.1. The van der Waals surface area contributed by atoms with Gasteiger partial charge in [-0.25, -0.2) is 0 Å². The molecule has 4 unspecified atom stereocenters. The predicted molar refractivity (Wildman–Crippen MR) is 172 cm³/mol. The summed E-state index contributed by atoms with van der Waals surface area (Å²) >= 11 is 0. The number of carboxylic acid groups (broad SMARTS) is 1. The highest BCUT2D eigenvalue weighted by molar-refractivity contribution is 5.74. The fraction of sp³-hybridized carbons (Fsp3) is 0.714. The monoisotopic (exact) mass is 608 g/mol. The van der Waals surface area contributed by atoms with Crippen LogP contribution in [-0.4, -0.2) is 41.7 Å². The second kappa shape index (κ2) is 24.5. The van der Waals surface area contributed by atoms with Crippen LogP contribution in [-0.2, 0) is 28.7 Å². The van der Waals surface area contributed by atoms with Gasteiger partial charge in [0.25, 0.3) is 0 Å². The molecule has 1 saturated carbocycles. The van der Waals surface area contributed by atoms with E-state index in [2.05, 4.69) is 11.7 Å². The number of benzene rings is 1. The molecule has 0 spiro atoms. The lowest BCUT2D eigenvalue weighted by Crippen LogP contribution is -2.38. The number of carbonyl (C=O) groups excluding carboxylic acids is 3. The fourth-order valence-electron chi connectivity index (χ4n) is 3.62. The van der Waals surface area contributed by atoms with E-state index in [9.17, 15) is 19.2 Å². The van der Waals surface area contributed by atoms with Crippen molar-refractivity contribution < 1.29 is 38.5 Å². The van der Waals surface area contributed by atoms with Crippen LogP contribution in [0.15, 0.2) is 30.3 Å². The molecular weight excluding hydrogens is 548 g/mol. The quantitative estimate of drug-likeness (QED) is 0.196. The normalized spacial score (nSPS) is 16.0. The van der Waals surface area contributed by atoms with Gasteiger partial charge in [0, 0.05) is 0 Å². The summed E-state index contributed by atoms with van der Waals surface area (Å²) in [7, 11) is 1.41. The van der Waals surface area contributed by atoms with E-state index in [4.69, 9.17) is 14.6 Å². The zero-order valence-corrected chi connectivity index (χ0v) is 28.6. The van der Waals surface area contributed by atoms with Crippen molar-refractivity contribution in [2.45, 2.75) is 132 Å². The SMILES string of the molecule is CCC(C)C(=O)O.CCC(C)C(=O)OC.CCC(C)C(=O)OC1(CC)CCCCC1.CCC(C)C(=O)Oc1ccccc1. The maximum atomic E-state index is 11.8. The molecule has 0 bridgehead atoms. The van der Waals surface area contributed by atoms with Crippen molar-refractivity contribution in [2.24, 2.45) is 23.7 Å². The average molecular weight is 609 g/mol. The summed E-state index contributed by atoms with van der Waals surface area (Å²) in [6.45, 7) is 17.3. The first-order valence-electron chi connectivity index (χ1n) is 16.1. The lowest BCUT2D eigenvalue weighted by atomic mass is 9.82. The Kier molecular flexibility index (Phi) is 24.1. The molecule has 1 N–H and O–H groups in total. The Bertz CT molecular complexity index is 892. The maximum Gasteiger partial charge on any atom is 0.314 e. The molecule has 2 rings (SSSR count). The summed E-state index contributed by atoms with van der Waals surface area (Å²) in [4.78, 5) is 43.6. The Morgan fingerprint density at radius 1 is 0.698 bits per heavy atom. The third-order valence-corrected chi connectivity index (χ3v) is 7.97. The van der Waals surface area contributed by atoms with Crippen molar-refractivity contribution in [3.63, 3.8) is 0 Å². The molecule has 0 heterocycles. The minimum atomic E-state index is -0.706. The van der Waals surface area contributed by atoms with Crippen molar-refractivity contribution in [1.82, 2.24) is 0 Å². The number of rotatable bonds is 11. The summed E-state index contributed by atoms with van der Waals surface area (Å²) in [6.07, 6.45) is 10.1. The summed E-state index contributed by atoms with van der Waals surface area (Å²) in [5, 5.41) is 8.18. The van der Waals surface area contributed by atoms with Gasteiger partial charge < -0.3 is 19.3 Å².